The van der Waals surface area contributed by atoms with Crippen LogP contribution >= 0.6 is 33.9 Å². The summed E-state index contributed by atoms with van der Waals surface area (Å²) in [5.74, 6) is 1.72. The maximum atomic E-state index is 4.80. The highest BCUT2D eigenvalue weighted by Crippen LogP contribution is 2.33. The minimum Gasteiger partial charge on any atom is -0.372 e. The average molecular weight is 387 g/mol. The summed E-state index contributed by atoms with van der Waals surface area (Å²) >= 11 is 4.01. The third-order valence-electron chi connectivity index (χ3n) is 2.89. The van der Waals surface area contributed by atoms with Crippen molar-refractivity contribution in [1.29, 1.82) is 0 Å². The highest BCUT2D eigenvalue weighted by Gasteiger charge is 2.23. The molecule has 0 fully saturated rings. The zero-order valence-electron chi connectivity index (χ0n) is 11.8. The molecule has 0 aromatic carbocycles. The van der Waals surface area contributed by atoms with E-state index in [0.717, 1.165) is 26.5 Å². The molecule has 0 aliphatic carbocycles. The van der Waals surface area contributed by atoms with Crippen LogP contribution in [-0.2, 0) is 5.41 Å². The topological polar surface area (TPSA) is 37.8 Å². The SMILES string of the molecule is CNc1nc(-c2cscc2C)nc(C(C)(C)C)c1I. The summed E-state index contributed by atoms with van der Waals surface area (Å²) in [6.45, 7) is 8.65. The molecule has 2 heterocycles. The van der Waals surface area contributed by atoms with Gasteiger partial charge in [-0.15, -0.1) is 0 Å². The summed E-state index contributed by atoms with van der Waals surface area (Å²) in [4.78, 5) is 9.45. The van der Waals surface area contributed by atoms with Crippen LogP contribution < -0.4 is 5.32 Å². The van der Waals surface area contributed by atoms with Gasteiger partial charge in [0.05, 0.1) is 9.26 Å². The van der Waals surface area contributed by atoms with Crippen LogP contribution in [0.2, 0.25) is 0 Å². The van der Waals surface area contributed by atoms with Gasteiger partial charge in [-0.25, -0.2) is 9.97 Å². The molecule has 5 heteroatoms. The molecule has 0 aliphatic rings. The van der Waals surface area contributed by atoms with Gasteiger partial charge in [0.25, 0.3) is 0 Å². The first-order valence-corrected chi connectivity index (χ1v) is 8.15. The number of anilines is 1. The Kier molecular flexibility index (Phi) is 4.15. The average Bonchev–Trinajstić information content (AvgIpc) is 2.74. The maximum Gasteiger partial charge on any atom is 0.162 e. The first kappa shape index (κ1) is 14.7. The van der Waals surface area contributed by atoms with E-state index in [9.17, 15) is 0 Å². The Balaban J connectivity index is 2.68. The molecule has 0 aliphatic heterocycles. The minimum absolute atomic E-state index is 0.00371. The summed E-state index contributed by atoms with van der Waals surface area (Å²) in [5.41, 5.74) is 3.45. The smallest absolute Gasteiger partial charge is 0.162 e. The predicted octanol–water partition coefficient (Wildman–Crippen LogP) is 4.46. The van der Waals surface area contributed by atoms with Crippen molar-refractivity contribution < 1.29 is 0 Å². The van der Waals surface area contributed by atoms with Gasteiger partial charge in [0.1, 0.15) is 5.82 Å². The van der Waals surface area contributed by atoms with Crippen molar-refractivity contribution in [3.05, 3.63) is 25.6 Å². The van der Waals surface area contributed by atoms with Gasteiger partial charge < -0.3 is 5.32 Å². The molecule has 2 aromatic rings. The lowest BCUT2D eigenvalue weighted by atomic mass is 9.91. The van der Waals surface area contributed by atoms with Gasteiger partial charge in [0.2, 0.25) is 0 Å². The molecule has 0 bridgehead atoms. The van der Waals surface area contributed by atoms with Gasteiger partial charge in [-0.3, -0.25) is 0 Å². The molecule has 0 unspecified atom stereocenters. The van der Waals surface area contributed by atoms with Crippen LogP contribution in [0.25, 0.3) is 11.4 Å². The van der Waals surface area contributed by atoms with E-state index in [1.165, 1.54) is 5.56 Å². The Morgan fingerprint density at radius 2 is 1.89 bits per heavy atom. The number of nitrogens with one attached hydrogen (secondary N) is 1. The molecule has 0 amide bonds. The summed E-state index contributed by atoms with van der Waals surface area (Å²) in [6, 6.07) is 0. The standard InChI is InChI=1S/C14H18IN3S/c1-8-6-19-7-9(8)12-17-11(14(2,3)4)10(15)13(16-5)18-12/h6-7H,1-5H3,(H,16,17,18). The van der Waals surface area contributed by atoms with Crippen molar-refractivity contribution in [3.63, 3.8) is 0 Å². The second kappa shape index (κ2) is 5.36. The van der Waals surface area contributed by atoms with E-state index in [-0.39, 0.29) is 5.41 Å². The lowest BCUT2D eigenvalue weighted by Gasteiger charge is -2.21. The third-order valence-corrected chi connectivity index (χ3v) is 4.78. The predicted molar refractivity (Wildman–Crippen MR) is 91.0 cm³/mol. The van der Waals surface area contributed by atoms with Crippen molar-refractivity contribution in [2.75, 3.05) is 12.4 Å². The summed E-state index contributed by atoms with van der Waals surface area (Å²) in [7, 11) is 1.90. The molecule has 0 atom stereocenters. The molecule has 0 saturated carbocycles. The second-order valence-corrected chi connectivity index (χ2v) is 7.35. The molecular weight excluding hydrogens is 369 g/mol. The minimum atomic E-state index is 0.00371. The number of hydrogen-bond acceptors (Lipinski definition) is 4. The number of aryl methyl sites for hydroxylation is 1. The first-order valence-electron chi connectivity index (χ1n) is 6.13. The second-order valence-electron chi connectivity index (χ2n) is 5.53. The maximum absolute atomic E-state index is 4.80. The van der Waals surface area contributed by atoms with Crippen LogP contribution in [0.15, 0.2) is 10.8 Å². The van der Waals surface area contributed by atoms with E-state index in [1.807, 2.05) is 7.05 Å². The Morgan fingerprint density at radius 1 is 1.21 bits per heavy atom. The van der Waals surface area contributed by atoms with Gasteiger partial charge in [0, 0.05) is 23.4 Å². The number of thiophene rings is 1. The van der Waals surface area contributed by atoms with Crippen molar-refractivity contribution in [3.8, 4) is 11.4 Å². The molecule has 1 N–H and O–H groups in total. The third kappa shape index (κ3) is 2.91. The largest absolute Gasteiger partial charge is 0.372 e. The number of nitrogens with zero attached hydrogens (tertiary/aromatic N) is 2. The van der Waals surface area contributed by atoms with Crippen LogP contribution in [0.3, 0.4) is 0 Å². The van der Waals surface area contributed by atoms with Gasteiger partial charge in [-0.1, -0.05) is 20.8 Å². The molecule has 19 heavy (non-hydrogen) atoms. The Hall–Kier alpha value is -0.690. The molecule has 0 saturated heterocycles. The fourth-order valence-corrected chi connectivity index (χ4v) is 3.97. The fraction of sp³-hybridized carbons (Fsp3) is 0.429. The zero-order valence-corrected chi connectivity index (χ0v) is 14.8. The lowest BCUT2D eigenvalue weighted by Crippen LogP contribution is -2.18. The molecule has 0 spiro atoms. The van der Waals surface area contributed by atoms with Crippen molar-refractivity contribution in [2.45, 2.75) is 33.1 Å². The normalized spacial score (nSPS) is 11.7. The van der Waals surface area contributed by atoms with Crippen molar-refractivity contribution in [2.24, 2.45) is 0 Å². The first-order chi connectivity index (χ1) is 8.84. The van der Waals surface area contributed by atoms with Crippen molar-refractivity contribution >= 4 is 39.7 Å². The molecule has 102 valence electrons. The van der Waals surface area contributed by atoms with E-state index in [2.05, 4.69) is 71.3 Å². The van der Waals surface area contributed by atoms with Gasteiger partial charge >= 0.3 is 0 Å². The number of hydrogen-bond donors (Lipinski definition) is 1. The Bertz CT molecular complexity index is 599. The fourth-order valence-electron chi connectivity index (χ4n) is 1.82. The Morgan fingerprint density at radius 3 is 2.37 bits per heavy atom. The van der Waals surface area contributed by atoms with Crippen LogP contribution in [0.1, 0.15) is 32.0 Å². The highest BCUT2D eigenvalue weighted by molar-refractivity contribution is 14.1. The van der Waals surface area contributed by atoms with Crippen LogP contribution in [0.5, 0.6) is 0 Å². The summed E-state index contributed by atoms with van der Waals surface area (Å²) in [6.07, 6.45) is 0. The molecule has 2 aromatic heterocycles. The molecule has 3 nitrogen and oxygen atoms in total. The van der Waals surface area contributed by atoms with Crippen LogP contribution in [0.4, 0.5) is 5.82 Å². The quantitative estimate of drug-likeness (QED) is 0.774. The molecule has 0 radical (unpaired) electrons. The molecular formula is C14H18IN3S. The zero-order chi connectivity index (χ0) is 14.2. The van der Waals surface area contributed by atoms with E-state index >= 15 is 0 Å². The summed E-state index contributed by atoms with van der Waals surface area (Å²) < 4.78 is 1.10. The number of rotatable bonds is 2. The lowest BCUT2D eigenvalue weighted by molar-refractivity contribution is 0.564. The molecule has 2 rings (SSSR count). The van der Waals surface area contributed by atoms with E-state index in [4.69, 9.17) is 4.98 Å². The van der Waals surface area contributed by atoms with Gasteiger partial charge in [-0.2, -0.15) is 11.3 Å². The van der Waals surface area contributed by atoms with Gasteiger partial charge in [-0.05, 0) is 40.5 Å². The number of halogens is 1. The number of aromatic nitrogens is 2. The van der Waals surface area contributed by atoms with Crippen LogP contribution in [-0.4, -0.2) is 17.0 Å². The van der Waals surface area contributed by atoms with E-state index < -0.39 is 0 Å². The van der Waals surface area contributed by atoms with Crippen molar-refractivity contribution in [1.82, 2.24) is 9.97 Å². The van der Waals surface area contributed by atoms with E-state index in [1.54, 1.807) is 11.3 Å². The highest BCUT2D eigenvalue weighted by atomic mass is 127. The van der Waals surface area contributed by atoms with Gasteiger partial charge in [0.15, 0.2) is 5.82 Å². The van der Waals surface area contributed by atoms with E-state index in [0.29, 0.717) is 0 Å². The summed E-state index contributed by atoms with van der Waals surface area (Å²) in [5, 5.41) is 7.42. The van der Waals surface area contributed by atoms with Crippen LogP contribution in [0, 0.1) is 10.5 Å². The Labute approximate surface area is 132 Å². The monoisotopic (exact) mass is 387 g/mol.